The van der Waals surface area contributed by atoms with E-state index < -0.39 is 0 Å². The highest BCUT2D eigenvalue weighted by Gasteiger charge is 2.47. The van der Waals surface area contributed by atoms with Gasteiger partial charge >= 0.3 is 0 Å². The molecule has 2 aliphatic rings. The lowest BCUT2D eigenvalue weighted by molar-refractivity contribution is -0.130. The maximum absolute atomic E-state index is 12.4. The Kier molecular flexibility index (Phi) is 4.05. The number of thiazole rings is 1. The van der Waals surface area contributed by atoms with E-state index in [0.29, 0.717) is 37.9 Å². The molecule has 1 amide bonds. The fourth-order valence-electron chi connectivity index (χ4n) is 3.41. The number of methoxy groups -OCH3 is 1. The van der Waals surface area contributed by atoms with Gasteiger partial charge in [-0.1, -0.05) is 6.42 Å². The standard InChI is InChI=1S/C14H20N2O3S/c1-18-7-11-3-2-4-14(11)9-16(5-6-19-14)13(17)12-8-20-10-15-12/h8,10-11H,2-7,9H2,1H3/t11-,14-/m0/s1. The molecule has 1 aromatic rings. The van der Waals surface area contributed by atoms with Gasteiger partial charge in [0.2, 0.25) is 0 Å². The van der Waals surface area contributed by atoms with E-state index in [4.69, 9.17) is 9.47 Å². The molecule has 110 valence electrons. The number of amides is 1. The van der Waals surface area contributed by atoms with Gasteiger partial charge in [-0.05, 0) is 12.8 Å². The predicted molar refractivity (Wildman–Crippen MR) is 75.9 cm³/mol. The smallest absolute Gasteiger partial charge is 0.273 e. The Hall–Kier alpha value is -0.980. The minimum absolute atomic E-state index is 0.0250. The molecule has 0 radical (unpaired) electrons. The van der Waals surface area contributed by atoms with Crippen molar-refractivity contribution in [3.05, 3.63) is 16.6 Å². The molecule has 6 heteroatoms. The van der Waals surface area contributed by atoms with Crippen LogP contribution < -0.4 is 0 Å². The van der Waals surface area contributed by atoms with Crippen LogP contribution in [0.4, 0.5) is 0 Å². The van der Waals surface area contributed by atoms with Crippen molar-refractivity contribution >= 4 is 17.2 Å². The summed E-state index contributed by atoms with van der Waals surface area (Å²) in [6.45, 7) is 2.63. The Labute approximate surface area is 122 Å². The third-order valence-electron chi connectivity index (χ3n) is 4.41. The third kappa shape index (κ3) is 2.47. The zero-order chi connectivity index (χ0) is 14.0. The van der Waals surface area contributed by atoms with E-state index in [-0.39, 0.29) is 11.5 Å². The van der Waals surface area contributed by atoms with E-state index in [1.165, 1.54) is 11.3 Å². The van der Waals surface area contributed by atoms with E-state index in [1.807, 2.05) is 10.3 Å². The largest absolute Gasteiger partial charge is 0.384 e. The molecular weight excluding hydrogens is 276 g/mol. The Bertz CT molecular complexity index is 465. The average Bonchev–Trinajstić information content (AvgIpc) is 3.10. The maximum atomic E-state index is 12.4. The number of aromatic nitrogens is 1. The summed E-state index contributed by atoms with van der Waals surface area (Å²) >= 11 is 1.45. The lowest BCUT2D eigenvalue weighted by atomic mass is 9.89. The first-order valence-electron chi connectivity index (χ1n) is 7.05. The second-order valence-electron chi connectivity index (χ2n) is 5.56. The number of hydrogen-bond acceptors (Lipinski definition) is 5. The zero-order valence-electron chi connectivity index (χ0n) is 11.7. The fourth-order valence-corrected chi connectivity index (χ4v) is 3.94. The van der Waals surface area contributed by atoms with Crippen LogP contribution in [0.2, 0.25) is 0 Å². The average molecular weight is 296 g/mol. The van der Waals surface area contributed by atoms with Gasteiger partial charge in [0, 0.05) is 25.0 Å². The molecule has 0 N–H and O–H groups in total. The summed E-state index contributed by atoms with van der Waals surface area (Å²) in [5.74, 6) is 0.413. The minimum Gasteiger partial charge on any atom is -0.384 e. The second-order valence-corrected chi connectivity index (χ2v) is 6.28. The van der Waals surface area contributed by atoms with Crippen molar-refractivity contribution in [2.45, 2.75) is 24.9 Å². The first kappa shape index (κ1) is 14.0. The van der Waals surface area contributed by atoms with Crippen molar-refractivity contribution in [2.24, 2.45) is 5.92 Å². The van der Waals surface area contributed by atoms with Gasteiger partial charge in [-0.25, -0.2) is 4.98 Å². The lowest BCUT2D eigenvalue weighted by Crippen LogP contribution is -2.56. The SMILES string of the molecule is COC[C@@H]1CCC[C@]12CN(C(=O)c1cscn1)CCO2. The number of rotatable bonds is 3. The van der Waals surface area contributed by atoms with E-state index in [9.17, 15) is 4.79 Å². The molecule has 2 fully saturated rings. The van der Waals surface area contributed by atoms with Crippen LogP contribution in [-0.4, -0.2) is 54.8 Å². The van der Waals surface area contributed by atoms with E-state index in [1.54, 1.807) is 12.6 Å². The van der Waals surface area contributed by atoms with Gasteiger partial charge in [0.1, 0.15) is 5.69 Å². The van der Waals surface area contributed by atoms with Crippen LogP contribution in [0.1, 0.15) is 29.8 Å². The molecule has 5 nitrogen and oxygen atoms in total. The second kappa shape index (κ2) is 5.79. The summed E-state index contributed by atoms with van der Waals surface area (Å²) < 4.78 is 11.4. The van der Waals surface area contributed by atoms with E-state index in [2.05, 4.69) is 4.98 Å². The summed E-state index contributed by atoms with van der Waals surface area (Å²) in [6.07, 6.45) is 3.28. The van der Waals surface area contributed by atoms with Crippen LogP contribution in [0.15, 0.2) is 10.9 Å². The summed E-state index contributed by atoms with van der Waals surface area (Å²) in [4.78, 5) is 18.5. The van der Waals surface area contributed by atoms with Crippen LogP contribution in [0.25, 0.3) is 0 Å². The van der Waals surface area contributed by atoms with Crippen LogP contribution in [0.3, 0.4) is 0 Å². The molecule has 1 aliphatic carbocycles. The predicted octanol–water partition coefficient (Wildman–Crippen LogP) is 1.80. The van der Waals surface area contributed by atoms with Gasteiger partial charge in [0.05, 0.1) is 30.9 Å². The van der Waals surface area contributed by atoms with Crippen molar-refractivity contribution in [2.75, 3.05) is 33.4 Å². The number of carbonyl (C=O) groups excluding carboxylic acids is 1. The highest BCUT2D eigenvalue weighted by Crippen LogP contribution is 2.41. The normalized spacial score (nSPS) is 30.1. The Morgan fingerprint density at radius 1 is 1.70 bits per heavy atom. The monoisotopic (exact) mass is 296 g/mol. The number of hydrogen-bond donors (Lipinski definition) is 0. The number of carbonyl (C=O) groups is 1. The first-order valence-corrected chi connectivity index (χ1v) is 8.00. The highest BCUT2D eigenvalue weighted by atomic mass is 32.1. The molecule has 20 heavy (non-hydrogen) atoms. The van der Waals surface area contributed by atoms with Crippen molar-refractivity contribution in [3.63, 3.8) is 0 Å². The van der Waals surface area contributed by atoms with Crippen molar-refractivity contribution < 1.29 is 14.3 Å². The summed E-state index contributed by atoms with van der Waals surface area (Å²) in [5, 5.41) is 1.81. The third-order valence-corrected chi connectivity index (χ3v) is 5.00. The molecular formula is C14H20N2O3S. The molecule has 1 spiro atoms. The fraction of sp³-hybridized carbons (Fsp3) is 0.714. The summed E-state index contributed by atoms with van der Waals surface area (Å²) in [6, 6.07) is 0. The number of morpholine rings is 1. The number of nitrogens with zero attached hydrogens (tertiary/aromatic N) is 2. The van der Waals surface area contributed by atoms with Gasteiger partial charge in [-0.15, -0.1) is 11.3 Å². The van der Waals surface area contributed by atoms with Crippen LogP contribution in [-0.2, 0) is 9.47 Å². The quantitative estimate of drug-likeness (QED) is 0.853. The molecule has 2 heterocycles. The molecule has 0 aromatic carbocycles. The highest BCUT2D eigenvalue weighted by molar-refractivity contribution is 7.07. The summed E-state index contributed by atoms with van der Waals surface area (Å²) in [7, 11) is 1.73. The molecule has 1 aromatic heterocycles. The van der Waals surface area contributed by atoms with E-state index >= 15 is 0 Å². The Morgan fingerprint density at radius 2 is 2.60 bits per heavy atom. The van der Waals surface area contributed by atoms with Gasteiger partial charge in [0.15, 0.2) is 0 Å². The molecule has 0 bridgehead atoms. The van der Waals surface area contributed by atoms with E-state index in [0.717, 1.165) is 19.3 Å². The van der Waals surface area contributed by atoms with Crippen LogP contribution in [0, 0.1) is 5.92 Å². The van der Waals surface area contributed by atoms with Gasteiger partial charge in [0.25, 0.3) is 5.91 Å². The Balaban J connectivity index is 1.74. The molecule has 0 unspecified atom stereocenters. The molecule has 2 atom stereocenters. The maximum Gasteiger partial charge on any atom is 0.273 e. The van der Waals surface area contributed by atoms with Crippen LogP contribution in [0.5, 0.6) is 0 Å². The topological polar surface area (TPSA) is 51.7 Å². The van der Waals surface area contributed by atoms with Crippen LogP contribution >= 0.6 is 11.3 Å². The summed E-state index contributed by atoms with van der Waals surface area (Å²) in [5.41, 5.74) is 2.04. The van der Waals surface area contributed by atoms with Gasteiger partial charge in [-0.3, -0.25) is 4.79 Å². The lowest BCUT2D eigenvalue weighted by Gasteiger charge is -2.43. The molecule has 1 aliphatic heterocycles. The minimum atomic E-state index is -0.208. The molecule has 1 saturated heterocycles. The molecule has 1 saturated carbocycles. The number of ether oxygens (including phenoxy) is 2. The van der Waals surface area contributed by atoms with Crippen molar-refractivity contribution in [1.82, 2.24) is 9.88 Å². The molecule has 3 rings (SSSR count). The van der Waals surface area contributed by atoms with Gasteiger partial charge in [-0.2, -0.15) is 0 Å². The van der Waals surface area contributed by atoms with Crippen molar-refractivity contribution in [3.8, 4) is 0 Å². The Morgan fingerprint density at radius 3 is 3.35 bits per heavy atom. The zero-order valence-corrected chi connectivity index (χ0v) is 12.5. The van der Waals surface area contributed by atoms with Gasteiger partial charge < -0.3 is 14.4 Å². The van der Waals surface area contributed by atoms with Crippen molar-refractivity contribution in [1.29, 1.82) is 0 Å². The first-order chi connectivity index (χ1) is 9.75.